The summed E-state index contributed by atoms with van der Waals surface area (Å²) in [5.41, 5.74) is 0. The molecule has 1 saturated heterocycles. The predicted octanol–water partition coefficient (Wildman–Crippen LogP) is 2.50. The highest BCUT2D eigenvalue weighted by atomic mass is 15.1. The molecule has 0 amide bonds. The summed E-state index contributed by atoms with van der Waals surface area (Å²) in [5, 5.41) is 6.72. The summed E-state index contributed by atoms with van der Waals surface area (Å²) in [5.74, 6) is 2.66. The van der Waals surface area contributed by atoms with E-state index >= 15 is 0 Å². The van der Waals surface area contributed by atoms with Gasteiger partial charge in [-0.05, 0) is 52.2 Å². The molecule has 1 aromatic heterocycles. The Kier molecular flexibility index (Phi) is 6.05. The van der Waals surface area contributed by atoms with Crippen molar-refractivity contribution in [3.63, 3.8) is 0 Å². The molecule has 2 rings (SSSR count). The van der Waals surface area contributed by atoms with E-state index in [0.717, 1.165) is 37.0 Å². The summed E-state index contributed by atoms with van der Waals surface area (Å²) < 4.78 is 0. The first kappa shape index (κ1) is 15.0. The Morgan fingerprint density at radius 2 is 1.75 bits per heavy atom. The molecule has 0 spiro atoms. The molecule has 0 saturated carbocycles. The lowest BCUT2D eigenvalue weighted by molar-refractivity contribution is 0.337. The Morgan fingerprint density at radius 1 is 1.10 bits per heavy atom. The second-order valence-corrected chi connectivity index (χ2v) is 5.44. The standard InChI is InChI=1S/C15H27N5/c1-3-7-16-14-12-15(19-13(2)18-14)17-8-6-11-20-9-4-5-10-20/h12H,3-11H2,1-2H3,(H2,16,17,18,19). The van der Waals surface area contributed by atoms with Crippen LogP contribution in [-0.4, -0.2) is 47.6 Å². The van der Waals surface area contributed by atoms with E-state index in [1.807, 2.05) is 13.0 Å². The first-order valence-corrected chi connectivity index (χ1v) is 7.83. The number of hydrogen-bond acceptors (Lipinski definition) is 5. The second kappa shape index (κ2) is 8.04. The molecule has 0 atom stereocenters. The van der Waals surface area contributed by atoms with Crippen LogP contribution >= 0.6 is 0 Å². The van der Waals surface area contributed by atoms with Crippen molar-refractivity contribution in [2.45, 2.75) is 39.5 Å². The van der Waals surface area contributed by atoms with Gasteiger partial charge in [-0.15, -0.1) is 0 Å². The van der Waals surface area contributed by atoms with Gasteiger partial charge in [0.1, 0.15) is 17.5 Å². The Balaban J connectivity index is 1.74. The van der Waals surface area contributed by atoms with Gasteiger partial charge in [-0.1, -0.05) is 6.92 Å². The van der Waals surface area contributed by atoms with Crippen molar-refractivity contribution in [1.29, 1.82) is 0 Å². The quantitative estimate of drug-likeness (QED) is 0.715. The van der Waals surface area contributed by atoms with Gasteiger partial charge in [0.25, 0.3) is 0 Å². The van der Waals surface area contributed by atoms with Crippen LogP contribution in [0.1, 0.15) is 38.4 Å². The van der Waals surface area contributed by atoms with Crippen molar-refractivity contribution in [3.05, 3.63) is 11.9 Å². The predicted molar refractivity (Wildman–Crippen MR) is 84.3 cm³/mol. The van der Waals surface area contributed by atoms with E-state index in [1.165, 1.54) is 38.9 Å². The highest BCUT2D eigenvalue weighted by Crippen LogP contribution is 2.12. The third-order valence-corrected chi connectivity index (χ3v) is 3.55. The molecule has 1 aliphatic heterocycles. The zero-order valence-corrected chi connectivity index (χ0v) is 12.8. The van der Waals surface area contributed by atoms with E-state index in [-0.39, 0.29) is 0 Å². The molecule has 0 aromatic carbocycles. The number of aryl methyl sites for hydroxylation is 1. The van der Waals surface area contributed by atoms with Gasteiger partial charge in [0.05, 0.1) is 0 Å². The lowest BCUT2D eigenvalue weighted by Gasteiger charge is -2.14. The molecule has 0 aliphatic carbocycles. The molecule has 5 heteroatoms. The smallest absolute Gasteiger partial charge is 0.131 e. The second-order valence-electron chi connectivity index (χ2n) is 5.44. The fourth-order valence-corrected chi connectivity index (χ4v) is 2.53. The van der Waals surface area contributed by atoms with Crippen LogP contribution in [0.4, 0.5) is 11.6 Å². The minimum absolute atomic E-state index is 0.813. The molecule has 2 N–H and O–H groups in total. The lowest BCUT2D eigenvalue weighted by Crippen LogP contribution is -2.22. The summed E-state index contributed by atoms with van der Waals surface area (Å²) in [6.45, 7) is 9.75. The average Bonchev–Trinajstić information content (AvgIpc) is 2.94. The van der Waals surface area contributed by atoms with Crippen LogP contribution in [0.3, 0.4) is 0 Å². The van der Waals surface area contributed by atoms with Gasteiger partial charge in [-0.3, -0.25) is 0 Å². The number of nitrogens with zero attached hydrogens (tertiary/aromatic N) is 3. The van der Waals surface area contributed by atoms with Crippen LogP contribution in [0.2, 0.25) is 0 Å². The number of aromatic nitrogens is 2. The summed E-state index contributed by atoms with van der Waals surface area (Å²) in [6, 6.07) is 2.00. The van der Waals surface area contributed by atoms with Crippen molar-refractivity contribution in [1.82, 2.24) is 14.9 Å². The zero-order chi connectivity index (χ0) is 14.2. The van der Waals surface area contributed by atoms with Crippen molar-refractivity contribution >= 4 is 11.6 Å². The van der Waals surface area contributed by atoms with Gasteiger partial charge >= 0.3 is 0 Å². The molecule has 1 fully saturated rings. The third kappa shape index (κ3) is 4.96. The number of anilines is 2. The van der Waals surface area contributed by atoms with E-state index in [4.69, 9.17) is 0 Å². The molecule has 20 heavy (non-hydrogen) atoms. The number of hydrogen-bond donors (Lipinski definition) is 2. The highest BCUT2D eigenvalue weighted by Gasteiger charge is 2.10. The topological polar surface area (TPSA) is 53.1 Å². The molecule has 0 bridgehead atoms. The molecular weight excluding hydrogens is 250 g/mol. The summed E-state index contributed by atoms with van der Waals surface area (Å²) >= 11 is 0. The van der Waals surface area contributed by atoms with Crippen LogP contribution in [0.25, 0.3) is 0 Å². The molecule has 5 nitrogen and oxygen atoms in total. The van der Waals surface area contributed by atoms with Gasteiger partial charge < -0.3 is 15.5 Å². The molecule has 2 heterocycles. The lowest BCUT2D eigenvalue weighted by atomic mass is 10.3. The molecule has 0 unspecified atom stereocenters. The Morgan fingerprint density at radius 3 is 2.40 bits per heavy atom. The van der Waals surface area contributed by atoms with Gasteiger partial charge in [0, 0.05) is 19.2 Å². The first-order valence-electron chi connectivity index (χ1n) is 7.83. The van der Waals surface area contributed by atoms with Gasteiger partial charge in [-0.2, -0.15) is 0 Å². The largest absolute Gasteiger partial charge is 0.370 e. The third-order valence-electron chi connectivity index (χ3n) is 3.55. The minimum Gasteiger partial charge on any atom is -0.370 e. The maximum absolute atomic E-state index is 4.44. The fourth-order valence-electron chi connectivity index (χ4n) is 2.53. The zero-order valence-electron chi connectivity index (χ0n) is 12.8. The molecule has 1 aliphatic rings. The fraction of sp³-hybridized carbons (Fsp3) is 0.733. The minimum atomic E-state index is 0.813. The van der Waals surface area contributed by atoms with Gasteiger partial charge in [-0.25, -0.2) is 9.97 Å². The van der Waals surface area contributed by atoms with E-state index in [0.29, 0.717) is 0 Å². The van der Waals surface area contributed by atoms with Gasteiger partial charge in [0.2, 0.25) is 0 Å². The Labute approximate surface area is 122 Å². The van der Waals surface area contributed by atoms with Crippen molar-refractivity contribution < 1.29 is 0 Å². The highest BCUT2D eigenvalue weighted by molar-refractivity contribution is 5.47. The SMILES string of the molecule is CCCNc1cc(NCCCN2CCCC2)nc(C)n1. The van der Waals surface area contributed by atoms with Crippen molar-refractivity contribution in [3.8, 4) is 0 Å². The normalized spacial score (nSPS) is 15.5. The number of nitrogens with one attached hydrogen (secondary N) is 2. The van der Waals surface area contributed by atoms with Crippen LogP contribution in [0.15, 0.2) is 6.07 Å². The van der Waals surface area contributed by atoms with E-state index < -0.39 is 0 Å². The Hall–Kier alpha value is -1.36. The molecule has 1 aromatic rings. The average molecular weight is 277 g/mol. The van der Waals surface area contributed by atoms with Crippen LogP contribution in [-0.2, 0) is 0 Å². The van der Waals surface area contributed by atoms with Crippen molar-refractivity contribution in [2.24, 2.45) is 0 Å². The van der Waals surface area contributed by atoms with E-state index in [1.54, 1.807) is 0 Å². The summed E-state index contributed by atoms with van der Waals surface area (Å²) in [4.78, 5) is 11.4. The summed E-state index contributed by atoms with van der Waals surface area (Å²) in [7, 11) is 0. The number of likely N-dealkylation sites (tertiary alicyclic amines) is 1. The van der Waals surface area contributed by atoms with E-state index in [2.05, 4.69) is 32.4 Å². The molecular formula is C15H27N5. The number of rotatable bonds is 8. The van der Waals surface area contributed by atoms with Crippen LogP contribution in [0.5, 0.6) is 0 Å². The molecule has 112 valence electrons. The monoisotopic (exact) mass is 277 g/mol. The van der Waals surface area contributed by atoms with Crippen LogP contribution in [0, 0.1) is 6.92 Å². The van der Waals surface area contributed by atoms with Crippen LogP contribution < -0.4 is 10.6 Å². The maximum Gasteiger partial charge on any atom is 0.131 e. The summed E-state index contributed by atoms with van der Waals surface area (Å²) in [6.07, 6.45) is 5.00. The first-order chi connectivity index (χ1) is 9.78. The molecule has 0 radical (unpaired) electrons. The maximum atomic E-state index is 4.44. The van der Waals surface area contributed by atoms with Gasteiger partial charge in [0.15, 0.2) is 0 Å². The Bertz CT molecular complexity index is 401. The van der Waals surface area contributed by atoms with E-state index in [9.17, 15) is 0 Å². The van der Waals surface area contributed by atoms with Crippen molar-refractivity contribution in [2.75, 3.05) is 43.4 Å².